The van der Waals surface area contributed by atoms with E-state index in [0.717, 1.165) is 0 Å². The Balaban J connectivity index is 1.97. The molecule has 0 saturated carbocycles. The molecule has 2 rings (SSSR count). The summed E-state index contributed by atoms with van der Waals surface area (Å²) in [4.78, 5) is 0.273. The van der Waals surface area contributed by atoms with Crippen molar-refractivity contribution in [2.24, 2.45) is 5.92 Å². The largest absolute Gasteiger partial charge is 0.493 e. The van der Waals surface area contributed by atoms with Crippen LogP contribution >= 0.6 is 0 Å². The van der Waals surface area contributed by atoms with Gasteiger partial charge in [-0.3, -0.25) is 0 Å². The molecular weight excluding hydrogens is 266 g/mol. The summed E-state index contributed by atoms with van der Waals surface area (Å²) < 4.78 is 28.2. The van der Waals surface area contributed by atoms with E-state index < -0.39 is 15.4 Å². The molecule has 0 aliphatic carbocycles. The summed E-state index contributed by atoms with van der Waals surface area (Å²) in [5, 5.41) is 13.2. The van der Waals surface area contributed by atoms with Crippen LogP contribution in [0.25, 0.3) is 0 Å². The van der Waals surface area contributed by atoms with Crippen molar-refractivity contribution in [1.82, 2.24) is 5.32 Å². The van der Waals surface area contributed by atoms with Crippen LogP contribution in [0.5, 0.6) is 5.75 Å². The minimum atomic E-state index is -3.17. The van der Waals surface area contributed by atoms with Gasteiger partial charge in [-0.15, -0.1) is 0 Å². The Labute approximate surface area is 113 Å². The summed E-state index contributed by atoms with van der Waals surface area (Å²) >= 11 is 0. The number of benzene rings is 1. The number of aliphatic hydroxyl groups is 1. The van der Waals surface area contributed by atoms with Crippen LogP contribution in [0.4, 0.5) is 0 Å². The summed E-state index contributed by atoms with van der Waals surface area (Å²) in [5.41, 5.74) is -0.757. The fourth-order valence-corrected chi connectivity index (χ4v) is 2.71. The van der Waals surface area contributed by atoms with Gasteiger partial charge < -0.3 is 15.2 Å². The monoisotopic (exact) mass is 285 g/mol. The van der Waals surface area contributed by atoms with Crippen LogP contribution in [0.1, 0.15) is 6.92 Å². The highest BCUT2D eigenvalue weighted by Gasteiger charge is 2.37. The SMILES string of the molecule is C[C@]1(O)CNCC1COc1ccc(S(C)(=O)=O)cc1. The highest BCUT2D eigenvalue weighted by molar-refractivity contribution is 7.90. The summed E-state index contributed by atoms with van der Waals surface area (Å²) in [6.07, 6.45) is 1.17. The first-order valence-electron chi connectivity index (χ1n) is 6.15. The third-order valence-electron chi connectivity index (χ3n) is 3.46. The van der Waals surface area contributed by atoms with Crippen molar-refractivity contribution >= 4 is 9.84 Å². The second-order valence-corrected chi connectivity index (χ2v) is 7.26. The summed E-state index contributed by atoms with van der Waals surface area (Å²) in [7, 11) is -3.17. The normalized spacial score (nSPS) is 27.4. The molecule has 1 aromatic rings. The Morgan fingerprint density at radius 1 is 1.42 bits per heavy atom. The molecule has 19 heavy (non-hydrogen) atoms. The highest BCUT2D eigenvalue weighted by atomic mass is 32.2. The smallest absolute Gasteiger partial charge is 0.175 e. The van der Waals surface area contributed by atoms with Gasteiger partial charge >= 0.3 is 0 Å². The molecule has 1 fully saturated rings. The molecule has 0 radical (unpaired) electrons. The average Bonchev–Trinajstić information content (AvgIpc) is 2.65. The zero-order valence-corrected chi connectivity index (χ0v) is 11.9. The first-order chi connectivity index (χ1) is 8.79. The number of ether oxygens (including phenoxy) is 1. The predicted octanol–water partition coefficient (Wildman–Crippen LogP) is 0.439. The molecule has 106 valence electrons. The van der Waals surface area contributed by atoms with E-state index in [-0.39, 0.29) is 10.8 Å². The van der Waals surface area contributed by atoms with E-state index in [1.165, 1.54) is 18.4 Å². The molecule has 1 aliphatic heterocycles. The standard InChI is InChI=1S/C13H19NO4S/c1-13(15)9-14-7-10(13)8-18-11-3-5-12(6-4-11)19(2,16)17/h3-6,10,14-15H,7-9H2,1-2H3/t10?,13-/m0/s1. The van der Waals surface area contributed by atoms with Crippen LogP contribution in [0, 0.1) is 5.92 Å². The number of sulfone groups is 1. The first-order valence-corrected chi connectivity index (χ1v) is 8.04. The molecule has 2 atom stereocenters. The molecule has 0 amide bonds. The molecular formula is C13H19NO4S. The molecule has 1 unspecified atom stereocenters. The number of hydrogen-bond donors (Lipinski definition) is 2. The maximum absolute atomic E-state index is 11.3. The lowest BCUT2D eigenvalue weighted by Gasteiger charge is -2.24. The predicted molar refractivity (Wildman–Crippen MR) is 72.0 cm³/mol. The second-order valence-electron chi connectivity index (χ2n) is 5.24. The van der Waals surface area contributed by atoms with Gasteiger partial charge in [0, 0.05) is 25.3 Å². The lowest BCUT2D eigenvalue weighted by Crippen LogP contribution is -2.37. The fourth-order valence-electron chi connectivity index (χ4n) is 2.08. The van der Waals surface area contributed by atoms with Gasteiger partial charge in [-0.05, 0) is 31.2 Å². The van der Waals surface area contributed by atoms with Gasteiger partial charge in [-0.25, -0.2) is 8.42 Å². The van der Waals surface area contributed by atoms with Crippen molar-refractivity contribution in [3.8, 4) is 5.75 Å². The van der Waals surface area contributed by atoms with Crippen molar-refractivity contribution in [3.63, 3.8) is 0 Å². The second kappa shape index (κ2) is 5.11. The Morgan fingerprint density at radius 3 is 2.53 bits per heavy atom. The molecule has 0 aromatic heterocycles. The molecule has 1 heterocycles. The molecule has 1 saturated heterocycles. The van der Waals surface area contributed by atoms with E-state index in [4.69, 9.17) is 4.74 Å². The Hall–Kier alpha value is -1.11. The van der Waals surface area contributed by atoms with Crippen LogP contribution in [0.3, 0.4) is 0 Å². The third-order valence-corrected chi connectivity index (χ3v) is 4.58. The molecule has 6 heteroatoms. The van der Waals surface area contributed by atoms with Gasteiger partial charge in [0.1, 0.15) is 5.75 Å². The van der Waals surface area contributed by atoms with E-state index in [2.05, 4.69) is 5.32 Å². The number of nitrogens with one attached hydrogen (secondary N) is 1. The fraction of sp³-hybridized carbons (Fsp3) is 0.538. The van der Waals surface area contributed by atoms with Crippen LogP contribution < -0.4 is 10.1 Å². The van der Waals surface area contributed by atoms with E-state index in [1.54, 1.807) is 19.1 Å². The van der Waals surface area contributed by atoms with Crippen molar-refractivity contribution in [1.29, 1.82) is 0 Å². The zero-order chi connectivity index (χ0) is 14.1. The zero-order valence-electron chi connectivity index (χ0n) is 11.1. The van der Waals surface area contributed by atoms with Crippen LogP contribution in [-0.2, 0) is 9.84 Å². The van der Waals surface area contributed by atoms with Gasteiger partial charge in [-0.1, -0.05) is 0 Å². The van der Waals surface area contributed by atoms with Gasteiger partial charge in [0.2, 0.25) is 0 Å². The molecule has 1 aromatic carbocycles. The molecule has 0 bridgehead atoms. The third kappa shape index (κ3) is 3.46. The Bertz CT molecular complexity index is 536. The molecule has 5 nitrogen and oxygen atoms in total. The summed E-state index contributed by atoms with van der Waals surface area (Å²) in [6.45, 7) is 3.47. The van der Waals surface area contributed by atoms with Gasteiger partial charge in [0.25, 0.3) is 0 Å². The minimum absolute atomic E-state index is 0.0297. The lowest BCUT2D eigenvalue weighted by molar-refractivity contribution is 0.0168. The summed E-state index contributed by atoms with van der Waals surface area (Å²) in [5.74, 6) is 0.636. The van der Waals surface area contributed by atoms with Gasteiger partial charge in [0.05, 0.1) is 17.1 Å². The maximum Gasteiger partial charge on any atom is 0.175 e. The Morgan fingerprint density at radius 2 is 2.05 bits per heavy atom. The molecule has 1 aliphatic rings. The lowest BCUT2D eigenvalue weighted by atomic mass is 9.94. The van der Waals surface area contributed by atoms with E-state index in [0.29, 0.717) is 25.4 Å². The van der Waals surface area contributed by atoms with E-state index in [1.807, 2.05) is 0 Å². The number of hydrogen-bond acceptors (Lipinski definition) is 5. The van der Waals surface area contributed by atoms with Crippen molar-refractivity contribution in [2.75, 3.05) is 26.0 Å². The van der Waals surface area contributed by atoms with Crippen molar-refractivity contribution < 1.29 is 18.3 Å². The highest BCUT2D eigenvalue weighted by Crippen LogP contribution is 2.23. The summed E-state index contributed by atoms with van der Waals surface area (Å²) in [6, 6.07) is 6.31. The van der Waals surface area contributed by atoms with Crippen LogP contribution in [0.2, 0.25) is 0 Å². The average molecular weight is 285 g/mol. The maximum atomic E-state index is 11.3. The van der Waals surface area contributed by atoms with E-state index >= 15 is 0 Å². The number of rotatable bonds is 4. The van der Waals surface area contributed by atoms with Crippen molar-refractivity contribution in [2.45, 2.75) is 17.4 Å². The van der Waals surface area contributed by atoms with Crippen molar-refractivity contribution in [3.05, 3.63) is 24.3 Å². The number of β-amino-alcohol motifs (C(OH)–C–C–N with tert-alkyl or cyclic N) is 1. The van der Waals surface area contributed by atoms with Crippen LogP contribution in [0.15, 0.2) is 29.2 Å². The van der Waals surface area contributed by atoms with Crippen LogP contribution in [-0.4, -0.2) is 45.1 Å². The molecule has 0 spiro atoms. The molecule has 2 N–H and O–H groups in total. The van der Waals surface area contributed by atoms with E-state index in [9.17, 15) is 13.5 Å². The quantitative estimate of drug-likeness (QED) is 0.839. The Kier molecular flexibility index (Phi) is 3.85. The van der Waals surface area contributed by atoms with Gasteiger partial charge in [-0.2, -0.15) is 0 Å². The first kappa shape index (κ1) is 14.3. The van der Waals surface area contributed by atoms with Gasteiger partial charge in [0.15, 0.2) is 9.84 Å². The minimum Gasteiger partial charge on any atom is -0.493 e. The topological polar surface area (TPSA) is 75.6 Å².